The Hall–Kier alpha value is -1.53. The number of aromatic nitrogens is 2. The number of hydrogen-bond donors (Lipinski definition) is 1. The predicted octanol–water partition coefficient (Wildman–Crippen LogP) is 1.82. The normalized spacial score (nSPS) is 30.4. The highest BCUT2D eigenvalue weighted by Crippen LogP contribution is 2.43. The zero-order valence-corrected chi connectivity index (χ0v) is 15.0. The number of fused-ring (bicyclic) bond motifs is 1. The Morgan fingerprint density at radius 1 is 1.32 bits per heavy atom. The smallest absolute Gasteiger partial charge is 0.230 e. The molecule has 1 aromatic rings. The van der Waals surface area contributed by atoms with Gasteiger partial charge in [0, 0.05) is 31.9 Å². The van der Waals surface area contributed by atoms with Gasteiger partial charge in [-0.3, -0.25) is 19.7 Å². The standard InChI is InChI=1S/C19H28N4O2/c1-14-10-21-15(11-20-14)12-22-18(24)19-7-9-25-17(19)6-8-23(13-19)16-4-2-3-5-16/h10-11,16-17H,2-9,12-13H2,1H3,(H,22,24)/t17-,19-/m1/s1. The minimum Gasteiger partial charge on any atom is -0.377 e. The number of hydrogen-bond acceptors (Lipinski definition) is 5. The fourth-order valence-electron chi connectivity index (χ4n) is 4.74. The summed E-state index contributed by atoms with van der Waals surface area (Å²) in [4.78, 5) is 24.3. The lowest BCUT2D eigenvalue weighted by molar-refractivity contribution is -0.140. The largest absolute Gasteiger partial charge is 0.377 e. The minimum absolute atomic E-state index is 0.0641. The second-order valence-corrected chi connectivity index (χ2v) is 7.79. The first-order valence-electron chi connectivity index (χ1n) is 9.59. The van der Waals surface area contributed by atoms with Crippen molar-refractivity contribution < 1.29 is 9.53 Å². The van der Waals surface area contributed by atoms with Gasteiger partial charge in [-0.1, -0.05) is 12.8 Å². The van der Waals surface area contributed by atoms with Crippen molar-refractivity contribution in [2.45, 2.75) is 64.1 Å². The molecule has 2 aliphatic heterocycles. The van der Waals surface area contributed by atoms with E-state index < -0.39 is 0 Å². The van der Waals surface area contributed by atoms with Gasteiger partial charge in [-0.2, -0.15) is 0 Å². The number of nitrogens with one attached hydrogen (secondary N) is 1. The summed E-state index contributed by atoms with van der Waals surface area (Å²) in [6.45, 7) is 4.95. The summed E-state index contributed by atoms with van der Waals surface area (Å²) >= 11 is 0. The number of piperidine rings is 1. The molecule has 4 rings (SSSR count). The van der Waals surface area contributed by atoms with Crippen LogP contribution < -0.4 is 5.32 Å². The predicted molar refractivity (Wildman–Crippen MR) is 93.9 cm³/mol. The molecule has 0 radical (unpaired) electrons. The average Bonchev–Trinajstić information content (AvgIpc) is 3.30. The molecule has 1 aliphatic carbocycles. The van der Waals surface area contributed by atoms with Gasteiger partial charge in [-0.15, -0.1) is 0 Å². The lowest BCUT2D eigenvalue weighted by Gasteiger charge is -2.44. The van der Waals surface area contributed by atoms with Crippen LogP contribution in [-0.2, 0) is 16.1 Å². The second-order valence-electron chi connectivity index (χ2n) is 7.79. The van der Waals surface area contributed by atoms with E-state index in [0.717, 1.165) is 37.3 Å². The topological polar surface area (TPSA) is 67.3 Å². The molecule has 2 saturated heterocycles. The lowest BCUT2D eigenvalue weighted by Crippen LogP contribution is -2.58. The SMILES string of the molecule is Cc1cnc(CNC(=O)[C@@]23CCO[C@@H]2CCN(C2CCCC2)C3)cn1. The van der Waals surface area contributed by atoms with Gasteiger partial charge in [-0.05, 0) is 32.6 Å². The van der Waals surface area contributed by atoms with E-state index in [0.29, 0.717) is 19.2 Å². The van der Waals surface area contributed by atoms with E-state index in [-0.39, 0.29) is 17.4 Å². The Balaban J connectivity index is 1.44. The van der Waals surface area contributed by atoms with Crippen molar-refractivity contribution >= 4 is 5.91 Å². The zero-order valence-electron chi connectivity index (χ0n) is 15.0. The number of ether oxygens (including phenoxy) is 1. The molecule has 3 fully saturated rings. The van der Waals surface area contributed by atoms with E-state index in [1.165, 1.54) is 25.7 Å². The van der Waals surface area contributed by atoms with Crippen LogP contribution in [0.25, 0.3) is 0 Å². The van der Waals surface area contributed by atoms with Crippen molar-refractivity contribution in [3.63, 3.8) is 0 Å². The van der Waals surface area contributed by atoms with Crippen LogP contribution in [0.4, 0.5) is 0 Å². The summed E-state index contributed by atoms with van der Waals surface area (Å²) in [5.74, 6) is 0.125. The molecule has 3 heterocycles. The molecule has 2 atom stereocenters. The molecule has 6 heteroatoms. The average molecular weight is 344 g/mol. The molecule has 6 nitrogen and oxygen atoms in total. The number of aryl methyl sites for hydroxylation is 1. The van der Waals surface area contributed by atoms with Gasteiger partial charge in [0.05, 0.1) is 35.6 Å². The molecule has 0 aromatic carbocycles. The molecular weight excluding hydrogens is 316 g/mol. The Bertz CT molecular complexity index is 614. The van der Waals surface area contributed by atoms with Gasteiger partial charge in [0.15, 0.2) is 0 Å². The van der Waals surface area contributed by atoms with Crippen molar-refractivity contribution in [1.29, 1.82) is 0 Å². The molecule has 136 valence electrons. The Labute approximate surface area is 149 Å². The number of rotatable bonds is 4. The van der Waals surface area contributed by atoms with Crippen LogP contribution in [0.3, 0.4) is 0 Å². The number of nitrogens with zero attached hydrogens (tertiary/aromatic N) is 3. The van der Waals surface area contributed by atoms with Gasteiger partial charge in [0.1, 0.15) is 0 Å². The first-order chi connectivity index (χ1) is 12.2. The van der Waals surface area contributed by atoms with E-state index in [1.807, 2.05) is 6.92 Å². The highest BCUT2D eigenvalue weighted by atomic mass is 16.5. The highest BCUT2D eigenvalue weighted by Gasteiger charge is 2.53. The third kappa shape index (κ3) is 3.29. The number of amides is 1. The molecule has 0 bridgehead atoms. The lowest BCUT2D eigenvalue weighted by atomic mass is 9.75. The van der Waals surface area contributed by atoms with E-state index in [1.54, 1.807) is 12.4 Å². The first kappa shape index (κ1) is 16.9. The Kier molecular flexibility index (Phi) is 4.73. The molecule has 1 aromatic heterocycles. The fourth-order valence-corrected chi connectivity index (χ4v) is 4.74. The van der Waals surface area contributed by atoms with Crippen LogP contribution in [0.2, 0.25) is 0 Å². The van der Waals surface area contributed by atoms with E-state index >= 15 is 0 Å². The van der Waals surface area contributed by atoms with Crippen molar-refractivity contribution in [2.75, 3.05) is 19.7 Å². The highest BCUT2D eigenvalue weighted by molar-refractivity contribution is 5.84. The first-order valence-corrected chi connectivity index (χ1v) is 9.59. The quantitative estimate of drug-likeness (QED) is 0.902. The van der Waals surface area contributed by atoms with Crippen LogP contribution >= 0.6 is 0 Å². The maximum absolute atomic E-state index is 13.1. The van der Waals surface area contributed by atoms with Gasteiger partial charge >= 0.3 is 0 Å². The Morgan fingerprint density at radius 2 is 2.16 bits per heavy atom. The Morgan fingerprint density at radius 3 is 2.92 bits per heavy atom. The maximum atomic E-state index is 13.1. The van der Waals surface area contributed by atoms with Crippen LogP contribution in [0, 0.1) is 12.3 Å². The number of likely N-dealkylation sites (tertiary alicyclic amines) is 1. The molecular formula is C19H28N4O2. The van der Waals surface area contributed by atoms with Crippen molar-refractivity contribution in [3.05, 3.63) is 23.8 Å². The monoisotopic (exact) mass is 344 g/mol. The summed E-state index contributed by atoms with van der Waals surface area (Å²) < 4.78 is 5.94. The van der Waals surface area contributed by atoms with Crippen molar-refractivity contribution in [2.24, 2.45) is 5.41 Å². The summed E-state index contributed by atoms with van der Waals surface area (Å²) in [5, 5.41) is 3.11. The molecule has 1 N–H and O–H groups in total. The van der Waals surface area contributed by atoms with E-state index in [2.05, 4.69) is 20.2 Å². The third-order valence-corrected chi connectivity index (χ3v) is 6.21. The summed E-state index contributed by atoms with van der Waals surface area (Å²) in [6.07, 6.45) is 10.5. The van der Waals surface area contributed by atoms with Crippen LogP contribution in [0.1, 0.15) is 49.9 Å². The van der Waals surface area contributed by atoms with Gasteiger partial charge in [0.2, 0.25) is 5.91 Å². The van der Waals surface area contributed by atoms with E-state index in [9.17, 15) is 4.79 Å². The fraction of sp³-hybridized carbons (Fsp3) is 0.737. The second kappa shape index (κ2) is 7.00. The van der Waals surface area contributed by atoms with Crippen LogP contribution in [-0.4, -0.2) is 52.6 Å². The minimum atomic E-state index is -0.390. The van der Waals surface area contributed by atoms with Gasteiger partial charge in [-0.25, -0.2) is 0 Å². The maximum Gasteiger partial charge on any atom is 0.230 e. The van der Waals surface area contributed by atoms with Gasteiger partial charge < -0.3 is 10.1 Å². The van der Waals surface area contributed by atoms with E-state index in [4.69, 9.17) is 4.74 Å². The molecule has 25 heavy (non-hydrogen) atoms. The van der Waals surface area contributed by atoms with Crippen LogP contribution in [0.15, 0.2) is 12.4 Å². The molecule has 0 unspecified atom stereocenters. The summed E-state index contributed by atoms with van der Waals surface area (Å²) in [7, 11) is 0. The number of carbonyl (C=O) groups excluding carboxylic acids is 1. The zero-order chi connectivity index (χ0) is 17.3. The van der Waals surface area contributed by atoms with Crippen LogP contribution in [0.5, 0.6) is 0 Å². The van der Waals surface area contributed by atoms with Crippen molar-refractivity contribution in [1.82, 2.24) is 20.2 Å². The summed E-state index contributed by atoms with van der Waals surface area (Å²) in [5.41, 5.74) is 1.30. The van der Waals surface area contributed by atoms with Gasteiger partial charge in [0.25, 0.3) is 0 Å². The molecule has 1 saturated carbocycles. The third-order valence-electron chi connectivity index (χ3n) is 6.21. The van der Waals surface area contributed by atoms with Crippen molar-refractivity contribution in [3.8, 4) is 0 Å². The molecule has 1 amide bonds. The number of carbonyl (C=O) groups is 1. The molecule has 0 spiro atoms. The summed E-state index contributed by atoms with van der Waals surface area (Å²) in [6, 6.07) is 0.661. The molecule has 3 aliphatic rings.